The number of aromatic amines is 1. The zero-order chi connectivity index (χ0) is 29.0. The van der Waals surface area contributed by atoms with Gasteiger partial charge < -0.3 is 15.0 Å². The SMILES string of the molecule is CCN(c1cc(N(c2ncc[nH]2)c2cc(C(=O)Nc3cccc(C(F)(F)F)c3)ccc2C)ncn1)N1CCOCC1. The molecule has 0 atom stereocenters. The van der Waals surface area contributed by atoms with Crippen LogP contribution < -0.4 is 15.2 Å². The number of nitrogens with one attached hydrogen (secondary N) is 2. The Morgan fingerprint density at radius 2 is 1.85 bits per heavy atom. The maximum atomic E-state index is 13.2. The molecule has 3 heterocycles. The first-order chi connectivity index (χ1) is 19.7. The van der Waals surface area contributed by atoms with Crippen LogP contribution in [0.15, 0.2) is 67.3 Å². The predicted molar refractivity (Wildman–Crippen MR) is 148 cm³/mol. The summed E-state index contributed by atoms with van der Waals surface area (Å²) in [5.41, 5.74) is 0.866. The lowest BCUT2D eigenvalue weighted by Gasteiger charge is -2.37. The van der Waals surface area contributed by atoms with Gasteiger partial charge in [-0.15, -0.1) is 0 Å². The van der Waals surface area contributed by atoms with Gasteiger partial charge in [0.2, 0.25) is 5.95 Å². The van der Waals surface area contributed by atoms with Gasteiger partial charge in [-0.25, -0.2) is 20.0 Å². The number of carbonyl (C=O) groups excluding carboxylic acids is 1. The number of carbonyl (C=O) groups is 1. The molecule has 13 heteroatoms. The number of benzene rings is 2. The maximum Gasteiger partial charge on any atom is 0.416 e. The average molecular weight is 567 g/mol. The number of amides is 1. The number of aromatic nitrogens is 4. The number of halogens is 3. The van der Waals surface area contributed by atoms with Gasteiger partial charge in [0.25, 0.3) is 5.91 Å². The van der Waals surface area contributed by atoms with Crippen molar-refractivity contribution in [3.8, 4) is 0 Å². The number of hydrogen-bond donors (Lipinski definition) is 2. The van der Waals surface area contributed by atoms with E-state index in [9.17, 15) is 18.0 Å². The fraction of sp³-hybridized carbons (Fsp3) is 0.286. The Morgan fingerprint density at radius 3 is 2.56 bits per heavy atom. The topological polar surface area (TPSA) is 103 Å². The Bertz CT molecular complexity index is 1490. The van der Waals surface area contributed by atoms with Crippen LogP contribution in [0.5, 0.6) is 0 Å². The molecule has 1 aliphatic rings. The van der Waals surface area contributed by atoms with E-state index in [1.54, 1.807) is 35.5 Å². The zero-order valence-corrected chi connectivity index (χ0v) is 22.5. The van der Waals surface area contributed by atoms with Crippen LogP contribution in [0.1, 0.15) is 28.4 Å². The minimum Gasteiger partial charge on any atom is -0.379 e. The molecule has 1 fully saturated rings. The lowest BCUT2D eigenvalue weighted by Crippen LogP contribution is -2.49. The van der Waals surface area contributed by atoms with Crippen LogP contribution in [0.2, 0.25) is 0 Å². The third kappa shape index (κ3) is 6.31. The molecule has 0 bridgehead atoms. The zero-order valence-electron chi connectivity index (χ0n) is 22.5. The molecule has 2 aromatic heterocycles. The fourth-order valence-corrected chi connectivity index (χ4v) is 4.60. The van der Waals surface area contributed by atoms with Gasteiger partial charge in [-0.3, -0.25) is 14.7 Å². The number of ether oxygens (including phenoxy) is 1. The summed E-state index contributed by atoms with van der Waals surface area (Å²) >= 11 is 0. The molecule has 0 saturated carbocycles. The Morgan fingerprint density at radius 1 is 1.07 bits per heavy atom. The van der Waals surface area contributed by atoms with Crippen molar-refractivity contribution in [2.75, 3.05) is 48.1 Å². The second kappa shape index (κ2) is 11.9. The summed E-state index contributed by atoms with van der Waals surface area (Å²) in [4.78, 5) is 31.5. The molecule has 2 N–H and O–H groups in total. The summed E-state index contributed by atoms with van der Waals surface area (Å²) in [6.45, 7) is 7.32. The lowest BCUT2D eigenvalue weighted by molar-refractivity contribution is -0.137. The number of alkyl halides is 3. The van der Waals surface area contributed by atoms with E-state index >= 15 is 0 Å². The Labute approximate surface area is 234 Å². The number of hydrazine groups is 1. The van der Waals surface area contributed by atoms with Gasteiger partial charge in [-0.2, -0.15) is 13.2 Å². The number of rotatable bonds is 8. The van der Waals surface area contributed by atoms with Gasteiger partial charge >= 0.3 is 6.18 Å². The first-order valence-corrected chi connectivity index (χ1v) is 13.1. The molecular weight excluding hydrogens is 537 g/mol. The standard InChI is InChI=1S/C28H29F3N8O2/c1-3-38(37-11-13-41-14-12-37)24-17-25(35-18-34-24)39(27-32-9-10-33-27)23-15-20(8-7-19(23)2)26(40)36-22-6-4-5-21(16-22)28(29,30)31/h4-10,15-18H,3,11-14H2,1-2H3,(H,32,33)(H,36,40). The van der Waals surface area contributed by atoms with Crippen molar-refractivity contribution in [3.05, 3.63) is 83.9 Å². The molecule has 4 aromatic rings. The smallest absolute Gasteiger partial charge is 0.379 e. The van der Waals surface area contributed by atoms with Crippen molar-refractivity contribution < 1.29 is 22.7 Å². The Balaban J connectivity index is 1.49. The highest BCUT2D eigenvalue weighted by molar-refractivity contribution is 6.05. The molecule has 41 heavy (non-hydrogen) atoms. The van der Waals surface area contributed by atoms with E-state index in [0.717, 1.165) is 30.8 Å². The highest BCUT2D eigenvalue weighted by Gasteiger charge is 2.30. The van der Waals surface area contributed by atoms with Crippen molar-refractivity contribution >= 4 is 34.9 Å². The normalized spacial score (nSPS) is 14.1. The summed E-state index contributed by atoms with van der Waals surface area (Å²) in [5.74, 6) is 1.10. The summed E-state index contributed by atoms with van der Waals surface area (Å²) in [6.07, 6.45) is 0.238. The number of morpholine rings is 1. The largest absolute Gasteiger partial charge is 0.416 e. The first-order valence-electron chi connectivity index (χ1n) is 13.1. The van der Waals surface area contributed by atoms with E-state index in [-0.39, 0.29) is 11.3 Å². The molecule has 1 aliphatic heterocycles. The summed E-state index contributed by atoms with van der Waals surface area (Å²) in [6, 6.07) is 11.4. The van der Waals surface area contributed by atoms with Gasteiger partial charge in [-0.1, -0.05) is 12.1 Å². The van der Waals surface area contributed by atoms with Crippen molar-refractivity contribution in [2.24, 2.45) is 0 Å². The van der Waals surface area contributed by atoms with Crippen LogP contribution in [0.3, 0.4) is 0 Å². The van der Waals surface area contributed by atoms with Crippen molar-refractivity contribution in [3.63, 3.8) is 0 Å². The monoisotopic (exact) mass is 566 g/mol. The van der Waals surface area contributed by atoms with Crippen LogP contribution in [-0.4, -0.2) is 63.7 Å². The molecule has 5 rings (SSSR count). The molecule has 0 radical (unpaired) electrons. The van der Waals surface area contributed by atoms with Crippen LogP contribution >= 0.6 is 0 Å². The van der Waals surface area contributed by atoms with E-state index in [1.807, 2.05) is 19.9 Å². The van der Waals surface area contributed by atoms with Gasteiger partial charge in [-0.05, 0) is 49.7 Å². The fourth-order valence-electron chi connectivity index (χ4n) is 4.60. The molecule has 10 nitrogen and oxygen atoms in total. The molecule has 0 spiro atoms. The number of hydrogen-bond acceptors (Lipinski definition) is 8. The van der Waals surface area contributed by atoms with E-state index in [0.29, 0.717) is 43.0 Å². The van der Waals surface area contributed by atoms with Gasteiger partial charge in [0.15, 0.2) is 0 Å². The molecular formula is C28H29F3N8O2. The van der Waals surface area contributed by atoms with E-state index in [2.05, 4.69) is 35.3 Å². The van der Waals surface area contributed by atoms with E-state index < -0.39 is 17.6 Å². The predicted octanol–water partition coefficient (Wildman–Crippen LogP) is 5.32. The Hall–Kier alpha value is -4.49. The molecule has 0 unspecified atom stereocenters. The third-order valence-electron chi connectivity index (χ3n) is 6.62. The molecule has 1 saturated heterocycles. The van der Waals surface area contributed by atoms with Crippen LogP contribution in [0, 0.1) is 6.92 Å². The minimum absolute atomic E-state index is 0.0399. The molecule has 214 valence electrons. The van der Waals surface area contributed by atoms with Crippen LogP contribution in [0.25, 0.3) is 0 Å². The summed E-state index contributed by atoms with van der Waals surface area (Å²) in [5, 5.41) is 6.82. The van der Waals surface area contributed by atoms with Crippen LogP contribution in [-0.2, 0) is 10.9 Å². The Kier molecular flexibility index (Phi) is 8.17. The van der Waals surface area contributed by atoms with Crippen LogP contribution in [0.4, 0.5) is 42.1 Å². The first kappa shape index (κ1) is 28.1. The van der Waals surface area contributed by atoms with E-state index in [4.69, 9.17) is 4.74 Å². The van der Waals surface area contributed by atoms with Gasteiger partial charge in [0.1, 0.15) is 18.0 Å². The number of nitrogens with zero attached hydrogens (tertiary/aromatic N) is 6. The molecule has 1 amide bonds. The highest BCUT2D eigenvalue weighted by Crippen LogP contribution is 2.35. The van der Waals surface area contributed by atoms with Gasteiger partial charge in [0, 0.05) is 49.3 Å². The second-order valence-electron chi connectivity index (χ2n) is 9.30. The van der Waals surface area contributed by atoms with Crippen molar-refractivity contribution in [1.82, 2.24) is 24.9 Å². The number of anilines is 5. The lowest BCUT2D eigenvalue weighted by atomic mass is 10.1. The quantitative estimate of drug-likeness (QED) is 0.295. The van der Waals surface area contributed by atoms with Gasteiger partial charge in [0.05, 0.1) is 24.5 Å². The third-order valence-corrected chi connectivity index (χ3v) is 6.62. The van der Waals surface area contributed by atoms with Crippen molar-refractivity contribution in [2.45, 2.75) is 20.0 Å². The number of imidazole rings is 1. The second-order valence-corrected chi connectivity index (χ2v) is 9.30. The number of aryl methyl sites for hydroxylation is 1. The number of H-pyrrole nitrogens is 1. The maximum absolute atomic E-state index is 13.2. The highest BCUT2D eigenvalue weighted by atomic mass is 19.4. The average Bonchev–Trinajstić information content (AvgIpc) is 3.50. The summed E-state index contributed by atoms with van der Waals surface area (Å²) in [7, 11) is 0. The minimum atomic E-state index is -4.52. The molecule has 0 aliphatic carbocycles. The van der Waals surface area contributed by atoms with Crippen molar-refractivity contribution in [1.29, 1.82) is 0 Å². The summed E-state index contributed by atoms with van der Waals surface area (Å²) < 4.78 is 45.0. The molecule has 2 aromatic carbocycles. The van der Waals surface area contributed by atoms with E-state index in [1.165, 1.54) is 18.5 Å².